The molecule has 0 aliphatic rings. The van der Waals surface area contributed by atoms with Crippen LogP contribution >= 0.6 is 12.6 Å². The summed E-state index contributed by atoms with van der Waals surface area (Å²) < 4.78 is 0. The number of carbonyl (C=O) groups excluding carboxylic acids is 3. The fourth-order valence-corrected chi connectivity index (χ4v) is 2.68. The van der Waals surface area contributed by atoms with Crippen LogP contribution < -0.4 is 21.7 Å². The predicted molar refractivity (Wildman–Crippen MR) is 111 cm³/mol. The molecule has 0 aromatic carbocycles. The van der Waals surface area contributed by atoms with E-state index in [0.717, 1.165) is 0 Å². The number of aliphatic hydroxyl groups excluding tert-OH is 2. The smallest absolute Gasteiger partial charge is 0.328 e. The van der Waals surface area contributed by atoms with Crippen LogP contribution in [0.4, 0.5) is 0 Å². The number of thiol groups is 1. The fourth-order valence-electron chi connectivity index (χ4n) is 2.42. The number of carbonyl (C=O) groups is 4. The van der Waals surface area contributed by atoms with E-state index < -0.39 is 60.1 Å². The van der Waals surface area contributed by atoms with Crippen LogP contribution in [0.2, 0.25) is 0 Å². The van der Waals surface area contributed by atoms with E-state index in [2.05, 4.69) is 38.5 Å². The summed E-state index contributed by atoms with van der Waals surface area (Å²) >= 11 is 4.00. The summed E-state index contributed by atoms with van der Waals surface area (Å²) in [7, 11) is 0. The molecule has 3 amide bonds. The van der Waals surface area contributed by atoms with E-state index in [-0.39, 0.29) is 12.2 Å². The SMILES string of the molecule is CC(O)C(N)C(=O)NC(Cc1cnc[nH]1)C(=O)NC(CS)C(=O)NC(C(=O)O)C(C)O. The number of aromatic nitrogens is 2. The summed E-state index contributed by atoms with van der Waals surface area (Å²) in [6.45, 7) is 2.51. The number of aliphatic hydroxyl groups is 2. The Balaban J connectivity index is 2.94. The van der Waals surface area contributed by atoms with Gasteiger partial charge in [-0.25, -0.2) is 9.78 Å². The highest BCUT2D eigenvalue weighted by atomic mass is 32.1. The number of H-pyrrole nitrogens is 1. The molecule has 0 aliphatic heterocycles. The van der Waals surface area contributed by atoms with E-state index in [9.17, 15) is 29.4 Å². The number of aromatic amines is 1. The Morgan fingerprint density at radius 2 is 1.65 bits per heavy atom. The van der Waals surface area contributed by atoms with Crippen LogP contribution in [0.5, 0.6) is 0 Å². The monoisotopic (exact) mass is 460 g/mol. The van der Waals surface area contributed by atoms with E-state index in [0.29, 0.717) is 5.69 Å². The lowest BCUT2D eigenvalue weighted by molar-refractivity contribution is -0.145. The second-order valence-corrected chi connectivity index (χ2v) is 7.28. The molecule has 1 aromatic heterocycles. The van der Waals surface area contributed by atoms with Crippen molar-refractivity contribution >= 4 is 36.3 Å². The highest BCUT2D eigenvalue weighted by molar-refractivity contribution is 7.80. The molecule has 0 bridgehead atoms. The first-order valence-corrected chi connectivity index (χ1v) is 9.94. The Labute approximate surface area is 183 Å². The molecule has 1 aromatic rings. The topological polar surface area (TPSA) is 220 Å². The van der Waals surface area contributed by atoms with Crippen LogP contribution in [0.3, 0.4) is 0 Å². The van der Waals surface area contributed by atoms with E-state index >= 15 is 0 Å². The minimum atomic E-state index is -1.59. The van der Waals surface area contributed by atoms with Gasteiger partial charge >= 0.3 is 5.97 Å². The Kier molecular flexibility index (Phi) is 10.4. The average molecular weight is 461 g/mol. The van der Waals surface area contributed by atoms with E-state index in [4.69, 9.17) is 10.8 Å². The molecule has 0 fully saturated rings. The maximum Gasteiger partial charge on any atom is 0.328 e. The van der Waals surface area contributed by atoms with Crippen molar-refractivity contribution in [1.82, 2.24) is 25.9 Å². The summed E-state index contributed by atoms with van der Waals surface area (Å²) in [4.78, 5) is 55.2. The molecular formula is C17H28N6O7S. The van der Waals surface area contributed by atoms with Crippen LogP contribution in [0.25, 0.3) is 0 Å². The largest absolute Gasteiger partial charge is 0.480 e. The molecule has 9 N–H and O–H groups in total. The van der Waals surface area contributed by atoms with Crippen molar-refractivity contribution in [1.29, 1.82) is 0 Å². The quantitative estimate of drug-likeness (QED) is 0.141. The summed E-state index contributed by atoms with van der Waals surface area (Å²) in [6, 6.07) is -5.33. The predicted octanol–water partition coefficient (Wildman–Crippen LogP) is -3.49. The van der Waals surface area contributed by atoms with Crippen molar-refractivity contribution in [3.63, 3.8) is 0 Å². The molecule has 0 radical (unpaired) electrons. The highest BCUT2D eigenvalue weighted by Gasteiger charge is 2.32. The number of carboxylic acid groups (broad SMARTS) is 1. The van der Waals surface area contributed by atoms with Crippen molar-refractivity contribution < 1.29 is 34.5 Å². The minimum Gasteiger partial charge on any atom is -0.480 e. The van der Waals surface area contributed by atoms with Crippen LogP contribution in [0.15, 0.2) is 12.5 Å². The lowest BCUT2D eigenvalue weighted by atomic mass is 10.1. The zero-order valence-corrected chi connectivity index (χ0v) is 17.9. The van der Waals surface area contributed by atoms with Crippen molar-refractivity contribution in [2.45, 2.75) is 56.6 Å². The van der Waals surface area contributed by atoms with Gasteiger partial charge in [-0.15, -0.1) is 0 Å². The van der Waals surface area contributed by atoms with Gasteiger partial charge in [0.25, 0.3) is 0 Å². The van der Waals surface area contributed by atoms with E-state index in [1.807, 2.05) is 0 Å². The first-order valence-electron chi connectivity index (χ1n) is 9.31. The van der Waals surface area contributed by atoms with E-state index in [1.165, 1.54) is 26.4 Å². The van der Waals surface area contributed by atoms with Gasteiger partial charge in [0.1, 0.15) is 18.1 Å². The summed E-state index contributed by atoms with van der Waals surface area (Å²) in [5.74, 6) is -4.10. The first-order chi connectivity index (χ1) is 14.5. The minimum absolute atomic E-state index is 0.0313. The van der Waals surface area contributed by atoms with Crippen molar-refractivity contribution in [3.05, 3.63) is 18.2 Å². The van der Waals surface area contributed by atoms with Crippen molar-refractivity contribution in [2.75, 3.05) is 5.75 Å². The number of nitrogens with two attached hydrogens (primary N) is 1. The van der Waals surface area contributed by atoms with Gasteiger partial charge in [-0.2, -0.15) is 12.6 Å². The molecule has 14 heteroatoms. The Hall–Kier alpha value is -2.68. The first kappa shape index (κ1) is 26.4. The number of hydrogen-bond donors (Lipinski definition) is 9. The van der Waals surface area contributed by atoms with E-state index in [1.54, 1.807) is 0 Å². The molecule has 1 rings (SSSR count). The Bertz CT molecular complexity index is 758. The number of aliphatic carboxylic acids is 1. The van der Waals surface area contributed by atoms with Gasteiger partial charge in [-0.1, -0.05) is 0 Å². The van der Waals surface area contributed by atoms with Gasteiger partial charge in [0, 0.05) is 24.1 Å². The van der Waals surface area contributed by atoms with Crippen LogP contribution in [-0.4, -0.2) is 91.1 Å². The van der Waals surface area contributed by atoms with Gasteiger partial charge < -0.3 is 42.0 Å². The van der Waals surface area contributed by atoms with Gasteiger partial charge in [-0.05, 0) is 13.8 Å². The Morgan fingerprint density at radius 1 is 1.06 bits per heavy atom. The number of nitrogens with zero attached hydrogens (tertiary/aromatic N) is 1. The van der Waals surface area contributed by atoms with Crippen LogP contribution in [-0.2, 0) is 25.6 Å². The number of nitrogens with one attached hydrogen (secondary N) is 4. The number of hydrogen-bond acceptors (Lipinski definition) is 9. The summed E-state index contributed by atoms with van der Waals surface area (Å²) in [6.07, 6.45) is 0.229. The second-order valence-electron chi connectivity index (χ2n) is 6.92. The van der Waals surface area contributed by atoms with Crippen molar-refractivity contribution in [2.24, 2.45) is 5.73 Å². The summed E-state index contributed by atoms with van der Waals surface area (Å²) in [5.41, 5.74) is 6.10. The highest BCUT2D eigenvalue weighted by Crippen LogP contribution is 2.03. The molecule has 0 saturated heterocycles. The van der Waals surface area contributed by atoms with Crippen molar-refractivity contribution in [3.8, 4) is 0 Å². The molecule has 6 unspecified atom stereocenters. The van der Waals surface area contributed by atoms with Gasteiger partial charge in [0.05, 0.1) is 18.5 Å². The molecule has 1 heterocycles. The molecule has 13 nitrogen and oxygen atoms in total. The second kappa shape index (κ2) is 12.2. The zero-order chi connectivity index (χ0) is 23.7. The lowest BCUT2D eigenvalue weighted by Gasteiger charge is -2.25. The van der Waals surface area contributed by atoms with Gasteiger partial charge in [-0.3, -0.25) is 14.4 Å². The summed E-state index contributed by atoms with van der Waals surface area (Å²) in [5, 5.41) is 35.0. The molecule has 0 spiro atoms. The number of rotatable bonds is 12. The molecule has 0 aliphatic carbocycles. The molecule has 0 saturated carbocycles. The maximum absolute atomic E-state index is 12.8. The number of amides is 3. The zero-order valence-electron chi connectivity index (χ0n) is 17.0. The van der Waals surface area contributed by atoms with Crippen LogP contribution in [0, 0.1) is 0 Å². The fraction of sp³-hybridized carbons (Fsp3) is 0.588. The number of carboxylic acids is 1. The van der Waals surface area contributed by atoms with Crippen LogP contribution in [0.1, 0.15) is 19.5 Å². The van der Waals surface area contributed by atoms with Gasteiger partial charge in [0.15, 0.2) is 6.04 Å². The maximum atomic E-state index is 12.8. The number of imidazole rings is 1. The standard InChI is InChI=1S/C17H28N6O7S/c1-7(24)12(18)16(28)21-10(3-9-4-19-6-20-9)14(26)22-11(5-31)15(27)23-13(8(2)25)17(29)30/h4,6-8,10-13,24-25,31H,3,5,18H2,1-2H3,(H,19,20)(H,21,28)(H,22,26)(H,23,27)(H,29,30). The molecule has 174 valence electrons. The lowest BCUT2D eigenvalue weighted by Crippen LogP contribution is -2.59. The Morgan fingerprint density at radius 3 is 2.10 bits per heavy atom. The third-order valence-electron chi connectivity index (χ3n) is 4.30. The molecule has 31 heavy (non-hydrogen) atoms. The third-order valence-corrected chi connectivity index (χ3v) is 4.66. The average Bonchev–Trinajstić information content (AvgIpc) is 3.20. The normalized spacial score (nSPS) is 16.8. The molecule has 6 atom stereocenters. The van der Waals surface area contributed by atoms with Gasteiger partial charge in [0.2, 0.25) is 17.7 Å². The molecular weight excluding hydrogens is 432 g/mol. The third kappa shape index (κ3) is 8.16.